The van der Waals surface area contributed by atoms with Crippen LogP contribution in [0.5, 0.6) is 0 Å². The summed E-state index contributed by atoms with van der Waals surface area (Å²) in [6.45, 7) is 4.11. The van der Waals surface area contributed by atoms with Crippen molar-refractivity contribution < 1.29 is 4.79 Å². The number of aromatic nitrogens is 3. The van der Waals surface area contributed by atoms with Gasteiger partial charge >= 0.3 is 0 Å². The Morgan fingerprint density at radius 2 is 2.14 bits per heavy atom. The van der Waals surface area contributed by atoms with E-state index < -0.39 is 0 Å². The minimum atomic E-state index is -0.0747. The van der Waals surface area contributed by atoms with Gasteiger partial charge in [0.25, 0.3) is 5.91 Å². The number of carbonyl (C=O) groups is 1. The van der Waals surface area contributed by atoms with Crippen molar-refractivity contribution >= 4 is 5.91 Å². The van der Waals surface area contributed by atoms with Crippen molar-refractivity contribution in [2.45, 2.75) is 13.3 Å². The van der Waals surface area contributed by atoms with Gasteiger partial charge in [-0.2, -0.15) is 0 Å². The van der Waals surface area contributed by atoms with Crippen molar-refractivity contribution in [2.24, 2.45) is 11.1 Å². The van der Waals surface area contributed by atoms with Crippen molar-refractivity contribution in [2.75, 3.05) is 19.6 Å². The van der Waals surface area contributed by atoms with Crippen LogP contribution in [0.3, 0.4) is 0 Å². The maximum absolute atomic E-state index is 12.5. The molecule has 2 N–H and O–H groups in total. The summed E-state index contributed by atoms with van der Waals surface area (Å²) in [5.41, 5.74) is 7.06. The lowest BCUT2D eigenvalue weighted by Gasteiger charge is -2.21. The van der Waals surface area contributed by atoms with E-state index >= 15 is 0 Å². The third-order valence-corrected chi connectivity index (χ3v) is 4.07. The van der Waals surface area contributed by atoms with Gasteiger partial charge in [-0.3, -0.25) is 4.79 Å². The molecule has 0 aliphatic carbocycles. The molecule has 1 saturated heterocycles. The summed E-state index contributed by atoms with van der Waals surface area (Å²) in [7, 11) is 0. The van der Waals surface area contributed by atoms with Crippen LogP contribution >= 0.6 is 0 Å². The molecule has 1 atom stereocenters. The first kappa shape index (κ1) is 13.8. The van der Waals surface area contributed by atoms with Crippen LogP contribution in [0.25, 0.3) is 5.69 Å². The number of likely N-dealkylation sites (tertiary alicyclic amines) is 1. The quantitative estimate of drug-likeness (QED) is 0.915. The van der Waals surface area contributed by atoms with Crippen molar-refractivity contribution in [1.82, 2.24) is 19.9 Å². The van der Waals surface area contributed by atoms with E-state index in [1.54, 1.807) is 10.9 Å². The van der Waals surface area contributed by atoms with Gasteiger partial charge in [0.2, 0.25) is 0 Å². The van der Waals surface area contributed by atoms with Crippen LogP contribution in [0.1, 0.15) is 23.8 Å². The summed E-state index contributed by atoms with van der Waals surface area (Å²) in [5, 5.41) is 8.03. The van der Waals surface area contributed by atoms with Crippen molar-refractivity contribution in [1.29, 1.82) is 0 Å². The SMILES string of the molecule is CC1(CN)CCN(C(=O)c2cn(-c3ccccc3)nn2)C1. The zero-order valence-electron chi connectivity index (χ0n) is 12.1. The fourth-order valence-electron chi connectivity index (χ4n) is 2.59. The van der Waals surface area contributed by atoms with Crippen LogP contribution in [0.15, 0.2) is 36.5 Å². The minimum Gasteiger partial charge on any atom is -0.337 e. The highest BCUT2D eigenvalue weighted by molar-refractivity contribution is 5.92. The topological polar surface area (TPSA) is 77.0 Å². The molecule has 1 fully saturated rings. The Bertz CT molecular complexity index is 639. The average Bonchev–Trinajstić information content (AvgIpc) is 3.15. The third kappa shape index (κ3) is 2.67. The number of amides is 1. The van der Waals surface area contributed by atoms with Gasteiger partial charge in [-0.05, 0) is 30.5 Å². The minimum absolute atomic E-state index is 0.0189. The molecule has 1 aliphatic heterocycles. The van der Waals surface area contributed by atoms with Gasteiger partial charge in [0.15, 0.2) is 5.69 Å². The normalized spacial score (nSPS) is 21.7. The summed E-state index contributed by atoms with van der Waals surface area (Å²) in [5.74, 6) is -0.0747. The number of nitrogens with two attached hydrogens (primary N) is 1. The smallest absolute Gasteiger partial charge is 0.276 e. The molecule has 0 bridgehead atoms. The van der Waals surface area contributed by atoms with Crippen molar-refractivity contribution in [3.8, 4) is 5.69 Å². The van der Waals surface area contributed by atoms with Gasteiger partial charge < -0.3 is 10.6 Å². The Hall–Kier alpha value is -2.21. The maximum Gasteiger partial charge on any atom is 0.276 e. The van der Waals surface area contributed by atoms with Gasteiger partial charge in [-0.1, -0.05) is 30.3 Å². The molecule has 1 amide bonds. The molecule has 6 nitrogen and oxygen atoms in total. The number of hydrogen-bond donors (Lipinski definition) is 1. The van der Waals surface area contributed by atoms with E-state index in [4.69, 9.17) is 5.73 Å². The van der Waals surface area contributed by atoms with Crippen LogP contribution in [-0.2, 0) is 0 Å². The number of rotatable bonds is 3. The molecule has 0 saturated carbocycles. The molecule has 0 radical (unpaired) electrons. The highest BCUT2D eigenvalue weighted by Crippen LogP contribution is 2.29. The van der Waals surface area contributed by atoms with Crippen LogP contribution in [0.4, 0.5) is 0 Å². The number of para-hydroxylation sites is 1. The first-order chi connectivity index (χ1) is 10.1. The average molecular weight is 285 g/mol. The molecule has 2 aromatic rings. The molecule has 3 rings (SSSR count). The largest absolute Gasteiger partial charge is 0.337 e. The summed E-state index contributed by atoms with van der Waals surface area (Å²) >= 11 is 0. The lowest BCUT2D eigenvalue weighted by molar-refractivity contribution is 0.0771. The Kier molecular flexibility index (Phi) is 3.47. The fraction of sp³-hybridized carbons (Fsp3) is 0.400. The Balaban J connectivity index is 1.77. The molecular weight excluding hydrogens is 266 g/mol. The lowest BCUT2D eigenvalue weighted by atomic mass is 9.90. The molecule has 1 unspecified atom stereocenters. The van der Waals surface area contributed by atoms with E-state index in [1.807, 2.05) is 35.2 Å². The summed E-state index contributed by atoms with van der Waals surface area (Å²) < 4.78 is 1.62. The number of nitrogens with zero attached hydrogens (tertiary/aromatic N) is 4. The molecule has 1 aliphatic rings. The highest BCUT2D eigenvalue weighted by atomic mass is 16.2. The van der Waals surface area contributed by atoms with Crippen molar-refractivity contribution in [3.63, 3.8) is 0 Å². The van der Waals surface area contributed by atoms with Crippen LogP contribution in [-0.4, -0.2) is 45.4 Å². The van der Waals surface area contributed by atoms with Crippen molar-refractivity contribution in [3.05, 3.63) is 42.2 Å². The second-order valence-electron chi connectivity index (χ2n) is 5.88. The van der Waals surface area contributed by atoms with Crippen LogP contribution < -0.4 is 5.73 Å². The van der Waals surface area contributed by atoms with E-state index in [2.05, 4.69) is 17.2 Å². The summed E-state index contributed by atoms with van der Waals surface area (Å²) in [6, 6.07) is 9.62. The van der Waals surface area contributed by atoms with Crippen LogP contribution in [0.2, 0.25) is 0 Å². The first-order valence-electron chi connectivity index (χ1n) is 7.08. The lowest BCUT2D eigenvalue weighted by Crippen LogP contribution is -2.34. The monoisotopic (exact) mass is 285 g/mol. The zero-order valence-corrected chi connectivity index (χ0v) is 12.1. The Morgan fingerprint density at radius 3 is 2.81 bits per heavy atom. The zero-order chi connectivity index (χ0) is 14.9. The van der Waals surface area contributed by atoms with E-state index in [1.165, 1.54) is 0 Å². The maximum atomic E-state index is 12.5. The van der Waals surface area contributed by atoms with Gasteiger partial charge in [0.05, 0.1) is 11.9 Å². The second-order valence-corrected chi connectivity index (χ2v) is 5.88. The molecule has 21 heavy (non-hydrogen) atoms. The van der Waals surface area contributed by atoms with E-state index in [-0.39, 0.29) is 11.3 Å². The summed E-state index contributed by atoms with van der Waals surface area (Å²) in [4.78, 5) is 14.3. The highest BCUT2D eigenvalue weighted by Gasteiger charge is 2.35. The predicted octanol–water partition coefficient (Wildman–Crippen LogP) is 1.08. The van der Waals surface area contributed by atoms with Gasteiger partial charge in [0.1, 0.15) is 0 Å². The van der Waals surface area contributed by atoms with E-state index in [0.29, 0.717) is 18.8 Å². The molecule has 2 heterocycles. The number of hydrogen-bond acceptors (Lipinski definition) is 4. The first-order valence-corrected chi connectivity index (χ1v) is 7.08. The second kappa shape index (κ2) is 5.29. The number of benzene rings is 1. The van der Waals surface area contributed by atoms with E-state index in [9.17, 15) is 4.79 Å². The molecule has 110 valence electrons. The molecular formula is C15H19N5O. The van der Waals surface area contributed by atoms with E-state index in [0.717, 1.165) is 18.7 Å². The Labute approximate surface area is 123 Å². The number of carbonyl (C=O) groups excluding carboxylic acids is 1. The van der Waals surface area contributed by atoms with Crippen LogP contribution in [0, 0.1) is 5.41 Å². The summed E-state index contributed by atoms with van der Waals surface area (Å²) in [6.07, 6.45) is 2.61. The molecule has 1 aromatic carbocycles. The van der Waals surface area contributed by atoms with Gasteiger partial charge in [0, 0.05) is 13.1 Å². The molecule has 0 spiro atoms. The molecule has 1 aromatic heterocycles. The van der Waals surface area contributed by atoms with Gasteiger partial charge in [-0.15, -0.1) is 5.10 Å². The fourth-order valence-corrected chi connectivity index (χ4v) is 2.59. The Morgan fingerprint density at radius 1 is 1.38 bits per heavy atom. The standard InChI is InChI=1S/C15H19N5O/c1-15(10-16)7-8-19(11-15)14(21)13-9-20(18-17-13)12-5-3-2-4-6-12/h2-6,9H,7-8,10-11,16H2,1H3. The molecule has 6 heteroatoms. The third-order valence-electron chi connectivity index (χ3n) is 4.07. The van der Waals surface area contributed by atoms with Gasteiger partial charge in [-0.25, -0.2) is 4.68 Å². The predicted molar refractivity (Wildman–Crippen MR) is 79.0 cm³/mol.